The summed E-state index contributed by atoms with van der Waals surface area (Å²) in [5.41, 5.74) is 3.50. The van der Waals surface area contributed by atoms with Gasteiger partial charge in [-0.15, -0.1) is 0 Å². The largest absolute Gasteiger partial charge is 0.311 e. The third-order valence-corrected chi connectivity index (χ3v) is 5.89. The molecule has 2 aliphatic heterocycles. The van der Waals surface area contributed by atoms with Gasteiger partial charge in [0.2, 0.25) is 0 Å². The van der Waals surface area contributed by atoms with E-state index in [0.29, 0.717) is 6.42 Å². The number of rotatable bonds is 3. The molecule has 110 valence electrons. The van der Waals surface area contributed by atoms with Crippen molar-refractivity contribution in [1.29, 1.82) is 0 Å². The van der Waals surface area contributed by atoms with Crippen LogP contribution in [0.15, 0.2) is 0 Å². The fourth-order valence-electron chi connectivity index (χ4n) is 3.08. The molecular weight excluding hydrogens is 274 g/mol. The molecule has 0 aromatic carbocycles. The SMILES string of the molecule is CCCc1nc(C2CCS(=O)(=O)C2)nc2c1CCNC2. The predicted molar refractivity (Wildman–Crippen MR) is 77.4 cm³/mol. The summed E-state index contributed by atoms with van der Waals surface area (Å²) in [6.45, 7) is 3.90. The summed E-state index contributed by atoms with van der Waals surface area (Å²) in [6, 6.07) is 0. The molecule has 2 aliphatic rings. The zero-order chi connectivity index (χ0) is 14.2. The maximum absolute atomic E-state index is 11.6. The lowest BCUT2D eigenvalue weighted by Crippen LogP contribution is -2.27. The number of nitrogens with zero attached hydrogens (tertiary/aromatic N) is 2. The van der Waals surface area contributed by atoms with Crippen LogP contribution >= 0.6 is 0 Å². The molecule has 1 aromatic rings. The van der Waals surface area contributed by atoms with Gasteiger partial charge in [0.05, 0.1) is 17.2 Å². The quantitative estimate of drug-likeness (QED) is 0.900. The molecule has 6 heteroatoms. The molecule has 1 unspecified atom stereocenters. The van der Waals surface area contributed by atoms with Gasteiger partial charge in [-0.3, -0.25) is 0 Å². The summed E-state index contributed by atoms with van der Waals surface area (Å²) in [5.74, 6) is 1.23. The third kappa shape index (κ3) is 2.72. The highest BCUT2D eigenvalue weighted by atomic mass is 32.2. The van der Waals surface area contributed by atoms with E-state index in [2.05, 4.69) is 17.2 Å². The molecule has 0 saturated carbocycles. The highest BCUT2D eigenvalue weighted by Crippen LogP contribution is 2.28. The van der Waals surface area contributed by atoms with Crippen LogP contribution in [0.4, 0.5) is 0 Å². The lowest BCUT2D eigenvalue weighted by Gasteiger charge is -2.21. The smallest absolute Gasteiger partial charge is 0.151 e. The molecule has 1 saturated heterocycles. The van der Waals surface area contributed by atoms with Crippen molar-refractivity contribution in [2.24, 2.45) is 0 Å². The monoisotopic (exact) mass is 295 g/mol. The van der Waals surface area contributed by atoms with E-state index in [1.54, 1.807) is 0 Å². The van der Waals surface area contributed by atoms with Crippen molar-refractivity contribution in [2.45, 2.75) is 45.1 Å². The zero-order valence-electron chi connectivity index (χ0n) is 11.9. The van der Waals surface area contributed by atoms with E-state index in [1.165, 1.54) is 5.56 Å². The van der Waals surface area contributed by atoms with Crippen molar-refractivity contribution in [2.75, 3.05) is 18.1 Å². The first-order valence-electron chi connectivity index (χ1n) is 7.39. The molecule has 1 fully saturated rings. The van der Waals surface area contributed by atoms with Crippen molar-refractivity contribution in [3.05, 3.63) is 22.8 Å². The van der Waals surface area contributed by atoms with Crippen LogP contribution in [0.25, 0.3) is 0 Å². The number of fused-ring (bicyclic) bond motifs is 1. The second-order valence-corrected chi connectivity index (χ2v) is 7.96. The lowest BCUT2D eigenvalue weighted by atomic mass is 10.00. The van der Waals surface area contributed by atoms with E-state index < -0.39 is 9.84 Å². The summed E-state index contributed by atoms with van der Waals surface area (Å²) in [4.78, 5) is 9.39. The molecular formula is C14H21N3O2S. The molecule has 0 bridgehead atoms. The first kappa shape index (κ1) is 13.9. The van der Waals surface area contributed by atoms with Crippen LogP contribution in [-0.4, -0.2) is 36.4 Å². The number of hydrogen-bond acceptors (Lipinski definition) is 5. The molecule has 0 spiro atoms. The standard InChI is InChI=1S/C14H21N3O2S/c1-2-3-12-11-4-6-15-8-13(11)17-14(16-12)10-5-7-20(18,19)9-10/h10,15H,2-9H2,1H3. The Morgan fingerprint density at radius 3 is 2.90 bits per heavy atom. The predicted octanol–water partition coefficient (Wildman–Crippen LogP) is 0.977. The van der Waals surface area contributed by atoms with Gasteiger partial charge in [-0.05, 0) is 31.4 Å². The highest BCUT2D eigenvalue weighted by Gasteiger charge is 2.32. The highest BCUT2D eigenvalue weighted by molar-refractivity contribution is 7.91. The van der Waals surface area contributed by atoms with Gasteiger partial charge in [0, 0.05) is 18.2 Å². The van der Waals surface area contributed by atoms with Crippen molar-refractivity contribution in [3.63, 3.8) is 0 Å². The summed E-state index contributed by atoms with van der Waals surface area (Å²) in [7, 11) is -2.89. The van der Waals surface area contributed by atoms with E-state index >= 15 is 0 Å². The van der Waals surface area contributed by atoms with Gasteiger partial charge in [0.25, 0.3) is 0 Å². The second kappa shape index (κ2) is 5.41. The minimum Gasteiger partial charge on any atom is -0.311 e. The molecule has 1 N–H and O–H groups in total. The zero-order valence-corrected chi connectivity index (χ0v) is 12.7. The van der Waals surface area contributed by atoms with E-state index in [0.717, 1.165) is 49.6 Å². The van der Waals surface area contributed by atoms with Crippen molar-refractivity contribution in [3.8, 4) is 0 Å². The Morgan fingerprint density at radius 2 is 2.20 bits per heavy atom. The van der Waals surface area contributed by atoms with Crippen molar-refractivity contribution in [1.82, 2.24) is 15.3 Å². The van der Waals surface area contributed by atoms with Crippen LogP contribution in [0.3, 0.4) is 0 Å². The fourth-order valence-corrected chi connectivity index (χ4v) is 4.82. The Labute approximate surface area is 120 Å². The van der Waals surface area contributed by atoms with E-state index in [-0.39, 0.29) is 17.4 Å². The van der Waals surface area contributed by atoms with E-state index in [1.807, 2.05) is 0 Å². The average Bonchev–Trinajstić information content (AvgIpc) is 2.79. The minimum absolute atomic E-state index is 0.0113. The Bertz CT molecular complexity index is 613. The van der Waals surface area contributed by atoms with Gasteiger partial charge in [0.15, 0.2) is 9.84 Å². The number of aromatic nitrogens is 2. The topological polar surface area (TPSA) is 72.0 Å². The third-order valence-electron chi connectivity index (χ3n) is 4.12. The van der Waals surface area contributed by atoms with Gasteiger partial charge in [-0.1, -0.05) is 13.3 Å². The molecule has 0 aliphatic carbocycles. The number of aryl methyl sites for hydroxylation is 1. The molecule has 20 heavy (non-hydrogen) atoms. The molecule has 1 aromatic heterocycles. The van der Waals surface area contributed by atoms with Gasteiger partial charge >= 0.3 is 0 Å². The molecule has 5 nitrogen and oxygen atoms in total. The maximum atomic E-state index is 11.6. The summed E-state index contributed by atoms with van der Waals surface area (Å²) < 4.78 is 23.3. The second-order valence-electron chi connectivity index (χ2n) is 5.73. The number of sulfone groups is 1. The van der Waals surface area contributed by atoms with Gasteiger partial charge in [0.1, 0.15) is 5.82 Å². The van der Waals surface area contributed by atoms with Gasteiger partial charge < -0.3 is 5.32 Å². The Morgan fingerprint density at radius 1 is 1.35 bits per heavy atom. The van der Waals surface area contributed by atoms with Crippen molar-refractivity contribution < 1.29 is 8.42 Å². The Kier molecular flexibility index (Phi) is 3.77. The fraction of sp³-hybridized carbons (Fsp3) is 0.714. The lowest BCUT2D eigenvalue weighted by molar-refractivity contribution is 0.590. The van der Waals surface area contributed by atoms with E-state index in [9.17, 15) is 8.42 Å². The van der Waals surface area contributed by atoms with Gasteiger partial charge in [-0.25, -0.2) is 18.4 Å². The Balaban J connectivity index is 1.97. The van der Waals surface area contributed by atoms with Crippen molar-refractivity contribution >= 4 is 9.84 Å². The Hall–Kier alpha value is -1.01. The van der Waals surface area contributed by atoms with Gasteiger partial charge in [-0.2, -0.15) is 0 Å². The van der Waals surface area contributed by atoms with E-state index in [4.69, 9.17) is 4.98 Å². The first-order chi connectivity index (χ1) is 9.59. The minimum atomic E-state index is -2.89. The molecule has 3 rings (SSSR count). The first-order valence-corrected chi connectivity index (χ1v) is 9.21. The molecule has 0 radical (unpaired) electrons. The van der Waals surface area contributed by atoms with Crippen LogP contribution in [0.2, 0.25) is 0 Å². The van der Waals surface area contributed by atoms with Crippen LogP contribution < -0.4 is 5.32 Å². The summed E-state index contributed by atoms with van der Waals surface area (Å²) in [5, 5.41) is 3.34. The normalized spacial score (nSPS) is 24.6. The molecule has 1 atom stereocenters. The van der Waals surface area contributed by atoms with Crippen LogP contribution in [-0.2, 0) is 29.2 Å². The van der Waals surface area contributed by atoms with Crippen LogP contribution in [0.1, 0.15) is 48.5 Å². The van der Waals surface area contributed by atoms with Crippen LogP contribution in [0.5, 0.6) is 0 Å². The molecule has 3 heterocycles. The number of nitrogens with one attached hydrogen (secondary N) is 1. The molecule has 0 amide bonds. The summed E-state index contributed by atoms with van der Waals surface area (Å²) in [6.07, 6.45) is 3.66. The number of hydrogen-bond donors (Lipinski definition) is 1. The summed E-state index contributed by atoms with van der Waals surface area (Å²) >= 11 is 0. The maximum Gasteiger partial charge on any atom is 0.151 e. The van der Waals surface area contributed by atoms with Crippen LogP contribution in [0, 0.1) is 0 Å². The average molecular weight is 295 g/mol.